The molecule has 1 aromatic rings. The first-order valence-corrected chi connectivity index (χ1v) is 8.36. The average Bonchev–Trinajstić information content (AvgIpc) is 2.51. The Balaban J connectivity index is 1.69. The maximum Gasteiger partial charge on any atom is 0.0455 e. The first kappa shape index (κ1) is 14.2. The lowest BCUT2D eigenvalue weighted by Crippen LogP contribution is -2.54. The molecule has 2 aliphatic rings. The molecule has 0 bridgehead atoms. The molecule has 3 rings (SSSR count). The highest BCUT2D eigenvalue weighted by molar-refractivity contribution is 6.31. The molecule has 20 heavy (non-hydrogen) atoms. The molecule has 1 heterocycles. The number of aryl methyl sites for hydroxylation is 1. The second-order valence-electron chi connectivity index (χ2n) is 6.34. The Kier molecular flexibility index (Phi) is 4.52. The van der Waals surface area contributed by atoms with Gasteiger partial charge in [-0.05, 0) is 43.4 Å². The van der Waals surface area contributed by atoms with Gasteiger partial charge in [-0.3, -0.25) is 0 Å². The summed E-state index contributed by atoms with van der Waals surface area (Å²) in [5, 5.41) is 4.62. The van der Waals surface area contributed by atoms with Crippen molar-refractivity contribution in [2.45, 2.75) is 45.1 Å². The average molecular weight is 293 g/mol. The fourth-order valence-electron chi connectivity index (χ4n) is 3.64. The molecule has 2 fully saturated rings. The van der Waals surface area contributed by atoms with Crippen molar-refractivity contribution in [3.63, 3.8) is 0 Å². The van der Waals surface area contributed by atoms with Gasteiger partial charge >= 0.3 is 0 Å². The molecule has 1 unspecified atom stereocenters. The van der Waals surface area contributed by atoms with Crippen molar-refractivity contribution in [1.29, 1.82) is 0 Å². The number of halogens is 1. The van der Waals surface area contributed by atoms with Gasteiger partial charge in [0.05, 0.1) is 0 Å². The first-order chi connectivity index (χ1) is 9.74. The number of anilines is 1. The molecule has 0 amide bonds. The number of nitrogens with zero attached hydrogens (tertiary/aromatic N) is 1. The van der Waals surface area contributed by atoms with Crippen molar-refractivity contribution in [3.8, 4) is 0 Å². The molecular formula is C17H25ClN2. The maximum atomic E-state index is 6.28. The summed E-state index contributed by atoms with van der Waals surface area (Å²) in [6.45, 7) is 5.37. The summed E-state index contributed by atoms with van der Waals surface area (Å²) in [5.74, 6) is 0.868. The summed E-state index contributed by atoms with van der Waals surface area (Å²) in [6, 6.07) is 7.13. The minimum absolute atomic E-state index is 0.657. The normalized spacial score (nSPS) is 24.9. The third kappa shape index (κ3) is 3.12. The quantitative estimate of drug-likeness (QED) is 0.886. The van der Waals surface area contributed by atoms with Gasteiger partial charge < -0.3 is 10.2 Å². The van der Waals surface area contributed by atoms with E-state index in [1.54, 1.807) is 0 Å². The Bertz CT molecular complexity index is 454. The smallest absolute Gasteiger partial charge is 0.0455 e. The summed E-state index contributed by atoms with van der Waals surface area (Å²) in [6.07, 6.45) is 7.07. The monoisotopic (exact) mass is 292 g/mol. The van der Waals surface area contributed by atoms with E-state index in [-0.39, 0.29) is 0 Å². The second kappa shape index (κ2) is 6.36. The molecule has 0 radical (unpaired) electrons. The topological polar surface area (TPSA) is 15.3 Å². The van der Waals surface area contributed by atoms with Crippen LogP contribution in [-0.4, -0.2) is 25.7 Å². The largest absolute Gasteiger partial charge is 0.369 e. The van der Waals surface area contributed by atoms with Gasteiger partial charge in [0.25, 0.3) is 0 Å². The van der Waals surface area contributed by atoms with Crippen LogP contribution in [0.4, 0.5) is 5.69 Å². The lowest BCUT2D eigenvalue weighted by atomic mass is 9.83. The highest BCUT2D eigenvalue weighted by atomic mass is 35.5. The Morgan fingerprint density at radius 3 is 2.75 bits per heavy atom. The first-order valence-electron chi connectivity index (χ1n) is 7.98. The third-order valence-electron chi connectivity index (χ3n) is 4.94. The van der Waals surface area contributed by atoms with E-state index in [4.69, 9.17) is 11.6 Å². The van der Waals surface area contributed by atoms with Gasteiger partial charge in [0, 0.05) is 36.4 Å². The molecule has 1 aliphatic carbocycles. The van der Waals surface area contributed by atoms with Crippen LogP contribution in [0, 0.1) is 12.8 Å². The fraction of sp³-hybridized carbons (Fsp3) is 0.647. The third-order valence-corrected chi connectivity index (χ3v) is 5.35. The number of benzene rings is 1. The van der Waals surface area contributed by atoms with Gasteiger partial charge in [-0.2, -0.15) is 0 Å². The molecule has 1 atom stereocenters. The van der Waals surface area contributed by atoms with Crippen LogP contribution in [0.15, 0.2) is 18.2 Å². The van der Waals surface area contributed by atoms with Gasteiger partial charge in [0.15, 0.2) is 0 Å². The van der Waals surface area contributed by atoms with Crippen LogP contribution >= 0.6 is 11.6 Å². The van der Waals surface area contributed by atoms with Gasteiger partial charge in [-0.25, -0.2) is 0 Å². The standard InChI is InChI=1S/C17H25ClN2/c1-13-7-8-15(11-16(13)18)20-10-9-19-17(12-20)14-5-3-2-4-6-14/h7-8,11,14,17,19H,2-6,9-10,12H2,1H3. The van der Waals surface area contributed by atoms with Crippen LogP contribution in [0.1, 0.15) is 37.7 Å². The van der Waals surface area contributed by atoms with Gasteiger partial charge in [0.1, 0.15) is 0 Å². The zero-order valence-corrected chi connectivity index (χ0v) is 13.1. The van der Waals surface area contributed by atoms with Crippen molar-refractivity contribution < 1.29 is 0 Å². The lowest BCUT2D eigenvalue weighted by Gasteiger charge is -2.40. The summed E-state index contributed by atoms with van der Waals surface area (Å²) < 4.78 is 0. The molecule has 2 nitrogen and oxygen atoms in total. The lowest BCUT2D eigenvalue weighted by molar-refractivity contribution is 0.257. The Morgan fingerprint density at radius 1 is 1.20 bits per heavy atom. The number of rotatable bonds is 2. The molecule has 1 saturated carbocycles. The van der Waals surface area contributed by atoms with E-state index in [1.807, 2.05) is 0 Å². The zero-order valence-electron chi connectivity index (χ0n) is 12.4. The Hall–Kier alpha value is -0.730. The van der Waals surface area contributed by atoms with Crippen LogP contribution in [0.3, 0.4) is 0 Å². The Labute approximate surface area is 127 Å². The zero-order chi connectivity index (χ0) is 13.9. The van der Waals surface area contributed by atoms with Crippen LogP contribution in [0.5, 0.6) is 0 Å². The van der Waals surface area contributed by atoms with E-state index in [9.17, 15) is 0 Å². The van der Waals surface area contributed by atoms with E-state index >= 15 is 0 Å². The minimum atomic E-state index is 0.657. The molecule has 110 valence electrons. The van der Waals surface area contributed by atoms with Crippen molar-refractivity contribution in [2.24, 2.45) is 5.92 Å². The Morgan fingerprint density at radius 2 is 2.00 bits per heavy atom. The predicted octanol–water partition coefficient (Wildman–Crippen LogP) is 4.01. The van der Waals surface area contributed by atoms with Gasteiger partial charge in [-0.1, -0.05) is 36.9 Å². The summed E-state index contributed by atoms with van der Waals surface area (Å²) >= 11 is 6.28. The van der Waals surface area contributed by atoms with Crippen LogP contribution in [0.25, 0.3) is 0 Å². The molecule has 0 spiro atoms. The molecule has 3 heteroatoms. The molecule has 1 N–H and O–H groups in total. The SMILES string of the molecule is Cc1ccc(N2CCNC(C3CCCCC3)C2)cc1Cl. The number of hydrogen-bond acceptors (Lipinski definition) is 2. The van der Waals surface area contributed by atoms with Crippen molar-refractivity contribution in [2.75, 3.05) is 24.5 Å². The van der Waals surface area contributed by atoms with E-state index in [1.165, 1.54) is 37.8 Å². The summed E-state index contributed by atoms with van der Waals surface area (Å²) in [5.41, 5.74) is 2.44. The predicted molar refractivity (Wildman–Crippen MR) is 86.8 cm³/mol. The molecule has 1 saturated heterocycles. The summed E-state index contributed by atoms with van der Waals surface area (Å²) in [7, 11) is 0. The maximum absolute atomic E-state index is 6.28. The minimum Gasteiger partial charge on any atom is -0.369 e. The highest BCUT2D eigenvalue weighted by Gasteiger charge is 2.28. The fourth-order valence-corrected chi connectivity index (χ4v) is 3.82. The number of nitrogens with one attached hydrogen (secondary N) is 1. The second-order valence-corrected chi connectivity index (χ2v) is 6.75. The van der Waals surface area contributed by atoms with Crippen LogP contribution < -0.4 is 10.2 Å². The molecule has 1 aromatic carbocycles. The van der Waals surface area contributed by atoms with Crippen LogP contribution in [0.2, 0.25) is 5.02 Å². The van der Waals surface area contributed by atoms with Crippen molar-refractivity contribution in [3.05, 3.63) is 28.8 Å². The van der Waals surface area contributed by atoms with E-state index in [0.29, 0.717) is 6.04 Å². The van der Waals surface area contributed by atoms with E-state index in [2.05, 4.69) is 35.3 Å². The van der Waals surface area contributed by atoms with Gasteiger partial charge in [0.2, 0.25) is 0 Å². The molecule has 0 aromatic heterocycles. The molecule has 1 aliphatic heterocycles. The van der Waals surface area contributed by atoms with Gasteiger partial charge in [-0.15, -0.1) is 0 Å². The molecular weight excluding hydrogens is 268 g/mol. The van der Waals surface area contributed by atoms with E-state index in [0.717, 1.165) is 36.1 Å². The summed E-state index contributed by atoms with van der Waals surface area (Å²) in [4.78, 5) is 2.50. The van der Waals surface area contributed by atoms with E-state index < -0.39 is 0 Å². The van der Waals surface area contributed by atoms with Crippen LogP contribution in [-0.2, 0) is 0 Å². The van der Waals surface area contributed by atoms with Crippen molar-refractivity contribution >= 4 is 17.3 Å². The number of hydrogen-bond donors (Lipinski definition) is 1. The number of piperazine rings is 1. The van der Waals surface area contributed by atoms with Crippen molar-refractivity contribution in [1.82, 2.24) is 5.32 Å². The highest BCUT2D eigenvalue weighted by Crippen LogP contribution is 2.30.